The Morgan fingerprint density at radius 1 is 1.37 bits per heavy atom. The van der Waals surface area contributed by atoms with Crippen molar-refractivity contribution in [1.82, 2.24) is 9.80 Å². The molecule has 0 aromatic carbocycles. The van der Waals surface area contributed by atoms with E-state index in [4.69, 9.17) is 4.74 Å². The van der Waals surface area contributed by atoms with Crippen LogP contribution in [0, 0.1) is 0 Å². The van der Waals surface area contributed by atoms with E-state index in [1.54, 1.807) is 11.8 Å². The third-order valence-corrected chi connectivity index (χ3v) is 3.57. The summed E-state index contributed by atoms with van der Waals surface area (Å²) in [5.41, 5.74) is 0. The van der Waals surface area contributed by atoms with E-state index < -0.39 is 6.10 Å². The number of hydrogen-bond acceptors (Lipinski definition) is 3. The molecule has 0 bridgehead atoms. The van der Waals surface area contributed by atoms with Crippen LogP contribution in [0.1, 0.15) is 40.5 Å². The number of rotatable bonds is 5. The molecule has 2 atom stereocenters. The lowest BCUT2D eigenvalue weighted by Crippen LogP contribution is -2.57. The highest BCUT2D eigenvalue weighted by atomic mass is 16.5. The zero-order valence-electron chi connectivity index (χ0n) is 12.5. The summed E-state index contributed by atoms with van der Waals surface area (Å²) in [5, 5.41) is 0. The van der Waals surface area contributed by atoms with Crippen molar-refractivity contribution in [2.45, 2.75) is 52.7 Å². The van der Waals surface area contributed by atoms with E-state index >= 15 is 0 Å². The molecule has 1 aliphatic heterocycles. The van der Waals surface area contributed by atoms with Gasteiger partial charge in [-0.05, 0) is 20.3 Å². The number of ether oxygens (including phenoxy) is 1. The lowest BCUT2D eigenvalue weighted by molar-refractivity contribution is -0.150. The maximum atomic E-state index is 12.3. The average Bonchev–Trinajstić information content (AvgIpc) is 2.37. The Labute approximate surface area is 115 Å². The van der Waals surface area contributed by atoms with Gasteiger partial charge in [-0.2, -0.15) is 0 Å². The van der Waals surface area contributed by atoms with Crippen molar-refractivity contribution in [1.29, 1.82) is 0 Å². The maximum Gasteiger partial charge on any atom is 0.251 e. The van der Waals surface area contributed by atoms with Gasteiger partial charge < -0.3 is 14.5 Å². The van der Waals surface area contributed by atoms with Gasteiger partial charge in [0.05, 0.1) is 0 Å². The van der Waals surface area contributed by atoms with Crippen LogP contribution in [0.25, 0.3) is 0 Å². The lowest BCUT2D eigenvalue weighted by atomic mass is 10.1. The lowest BCUT2D eigenvalue weighted by Gasteiger charge is -2.40. The highest BCUT2D eigenvalue weighted by Gasteiger charge is 2.31. The topological polar surface area (TPSA) is 49.9 Å². The normalized spacial score (nSPS) is 21.4. The van der Waals surface area contributed by atoms with Gasteiger partial charge in [-0.25, -0.2) is 0 Å². The van der Waals surface area contributed by atoms with E-state index in [0.717, 1.165) is 12.8 Å². The van der Waals surface area contributed by atoms with Gasteiger partial charge in [0.25, 0.3) is 5.91 Å². The molecule has 5 nitrogen and oxygen atoms in total. The average molecular weight is 270 g/mol. The van der Waals surface area contributed by atoms with Crippen LogP contribution in [0.15, 0.2) is 0 Å². The maximum absolute atomic E-state index is 12.3. The Morgan fingerprint density at radius 3 is 2.58 bits per heavy atom. The zero-order valence-corrected chi connectivity index (χ0v) is 12.5. The molecule has 1 fully saturated rings. The summed E-state index contributed by atoms with van der Waals surface area (Å²) in [5.74, 6) is 0.109. The summed E-state index contributed by atoms with van der Waals surface area (Å²) in [6.45, 7) is 9.91. The van der Waals surface area contributed by atoms with Crippen molar-refractivity contribution in [2.24, 2.45) is 0 Å². The van der Waals surface area contributed by atoms with E-state index in [1.165, 1.54) is 0 Å². The molecule has 0 radical (unpaired) electrons. The summed E-state index contributed by atoms with van der Waals surface area (Å²) in [6.07, 6.45) is 1.65. The Bertz CT molecular complexity index is 320. The molecular formula is C14H26N2O3. The third-order valence-electron chi connectivity index (χ3n) is 3.57. The van der Waals surface area contributed by atoms with Gasteiger partial charge in [0.15, 0.2) is 0 Å². The molecule has 0 aromatic rings. The SMILES string of the molecule is CCCCO[C@H](C)C(=O)N1CCN(C(C)=O)C[C@H]1C. The Balaban J connectivity index is 2.47. The Kier molecular flexibility index (Phi) is 6.28. The van der Waals surface area contributed by atoms with Crippen molar-refractivity contribution in [2.75, 3.05) is 26.2 Å². The number of carbonyl (C=O) groups is 2. The minimum atomic E-state index is -0.391. The van der Waals surface area contributed by atoms with Gasteiger partial charge in [0.1, 0.15) is 6.10 Å². The van der Waals surface area contributed by atoms with Crippen molar-refractivity contribution < 1.29 is 14.3 Å². The highest BCUT2D eigenvalue weighted by Crippen LogP contribution is 2.12. The molecule has 1 saturated heterocycles. The van der Waals surface area contributed by atoms with Gasteiger partial charge in [-0.3, -0.25) is 9.59 Å². The number of unbranched alkanes of at least 4 members (excludes halogenated alkanes) is 1. The Hall–Kier alpha value is -1.10. The molecule has 110 valence electrons. The molecule has 0 N–H and O–H groups in total. The molecule has 1 rings (SSSR count). The number of carbonyl (C=O) groups excluding carboxylic acids is 2. The summed E-state index contributed by atoms with van der Waals surface area (Å²) in [4.78, 5) is 27.2. The van der Waals surface area contributed by atoms with Crippen LogP contribution < -0.4 is 0 Å². The fraction of sp³-hybridized carbons (Fsp3) is 0.857. The summed E-state index contributed by atoms with van der Waals surface area (Å²) in [6, 6.07) is 0.0578. The quantitative estimate of drug-likeness (QED) is 0.707. The van der Waals surface area contributed by atoms with Gasteiger partial charge in [0, 0.05) is 39.2 Å². The first-order valence-corrected chi connectivity index (χ1v) is 7.15. The van der Waals surface area contributed by atoms with Gasteiger partial charge in [-0.15, -0.1) is 0 Å². The summed E-state index contributed by atoms with van der Waals surface area (Å²) >= 11 is 0. The number of hydrogen-bond donors (Lipinski definition) is 0. The molecule has 1 aliphatic rings. The standard InChI is InChI=1S/C14H26N2O3/c1-5-6-9-19-12(3)14(18)16-8-7-15(13(4)17)10-11(16)2/h11-12H,5-10H2,1-4H3/t11-,12-/m1/s1. The first-order valence-electron chi connectivity index (χ1n) is 7.15. The second-order valence-corrected chi connectivity index (χ2v) is 5.21. The predicted molar refractivity (Wildman–Crippen MR) is 73.8 cm³/mol. The second-order valence-electron chi connectivity index (χ2n) is 5.21. The van der Waals surface area contributed by atoms with Crippen molar-refractivity contribution >= 4 is 11.8 Å². The molecule has 0 aliphatic carbocycles. The van der Waals surface area contributed by atoms with E-state index in [0.29, 0.717) is 26.2 Å². The summed E-state index contributed by atoms with van der Waals surface area (Å²) < 4.78 is 5.55. The first-order chi connectivity index (χ1) is 8.97. The molecule has 1 heterocycles. The van der Waals surface area contributed by atoms with Crippen LogP contribution in [0.2, 0.25) is 0 Å². The second kappa shape index (κ2) is 7.48. The van der Waals surface area contributed by atoms with Crippen molar-refractivity contribution in [3.8, 4) is 0 Å². The van der Waals surface area contributed by atoms with Gasteiger partial charge in [0.2, 0.25) is 5.91 Å². The monoisotopic (exact) mass is 270 g/mol. The molecular weight excluding hydrogens is 244 g/mol. The van der Waals surface area contributed by atoms with E-state index in [-0.39, 0.29) is 17.9 Å². The van der Waals surface area contributed by atoms with Crippen molar-refractivity contribution in [3.63, 3.8) is 0 Å². The van der Waals surface area contributed by atoms with Gasteiger partial charge >= 0.3 is 0 Å². The first kappa shape index (κ1) is 16.0. The smallest absolute Gasteiger partial charge is 0.251 e. The number of amides is 2. The van der Waals surface area contributed by atoms with E-state index in [9.17, 15) is 9.59 Å². The minimum absolute atomic E-state index is 0.0341. The predicted octanol–water partition coefficient (Wildman–Crippen LogP) is 1.27. The fourth-order valence-corrected chi connectivity index (χ4v) is 2.28. The molecule has 0 unspecified atom stereocenters. The highest BCUT2D eigenvalue weighted by molar-refractivity contribution is 5.81. The number of piperazine rings is 1. The van der Waals surface area contributed by atoms with Crippen LogP contribution in [-0.2, 0) is 14.3 Å². The van der Waals surface area contributed by atoms with Crippen LogP contribution in [-0.4, -0.2) is 60.0 Å². The van der Waals surface area contributed by atoms with E-state index in [1.807, 2.05) is 18.7 Å². The van der Waals surface area contributed by atoms with Crippen LogP contribution in [0.4, 0.5) is 0 Å². The largest absolute Gasteiger partial charge is 0.369 e. The van der Waals surface area contributed by atoms with Crippen LogP contribution >= 0.6 is 0 Å². The van der Waals surface area contributed by atoms with Gasteiger partial charge in [-0.1, -0.05) is 13.3 Å². The molecule has 0 aromatic heterocycles. The minimum Gasteiger partial charge on any atom is -0.369 e. The molecule has 0 spiro atoms. The third kappa shape index (κ3) is 4.49. The number of nitrogens with zero attached hydrogens (tertiary/aromatic N) is 2. The van der Waals surface area contributed by atoms with Crippen LogP contribution in [0.3, 0.4) is 0 Å². The van der Waals surface area contributed by atoms with Crippen LogP contribution in [0.5, 0.6) is 0 Å². The Morgan fingerprint density at radius 2 is 2.05 bits per heavy atom. The molecule has 2 amide bonds. The molecule has 5 heteroatoms. The zero-order chi connectivity index (χ0) is 14.4. The van der Waals surface area contributed by atoms with E-state index in [2.05, 4.69) is 6.92 Å². The summed E-state index contributed by atoms with van der Waals surface area (Å²) in [7, 11) is 0. The molecule has 19 heavy (non-hydrogen) atoms. The fourth-order valence-electron chi connectivity index (χ4n) is 2.28. The molecule has 0 saturated carbocycles. The van der Waals surface area contributed by atoms with Crippen molar-refractivity contribution in [3.05, 3.63) is 0 Å².